The van der Waals surface area contributed by atoms with Crippen molar-refractivity contribution in [3.05, 3.63) is 33.9 Å². The molecule has 1 amide bonds. The highest BCUT2D eigenvalue weighted by atomic mass is 16.6. The fourth-order valence-corrected chi connectivity index (χ4v) is 1.48. The average molecular weight is 237 g/mol. The molecule has 0 saturated carbocycles. The Morgan fingerprint density at radius 2 is 2.12 bits per heavy atom. The third-order valence-electron chi connectivity index (χ3n) is 2.23. The number of nitrogens with one attached hydrogen (secondary N) is 2. The van der Waals surface area contributed by atoms with E-state index >= 15 is 0 Å². The van der Waals surface area contributed by atoms with Crippen LogP contribution in [0.1, 0.15) is 12.5 Å². The molecule has 1 aromatic rings. The Labute approximate surface area is 99.2 Å². The summed E-state index contributed by atoms with van der Waals surface area (Å²) >= 11 is 0. The number of carbonyl (C=O) groups is 1. The van der Waals surface area contributed by atoms with Crippen LogP contribution in [0, 0.1) is 17.0 Å². The second-order valence-electron chi connectivity index (χ2n) is 3.64. The average Bonchev–Trinajstić information content (AvgIpc) is 2.23. The zero-order valence-corrected chi connectivity index (χ0v) is 9.82. The number of aryl methyl sites for hydroxylation is 1. The van der Waals surface area contributed by atoms with E-state index in [2.05, 4.69) is 10.6 Å². The van der Waals surface area contributed by atoms with Crippen molar-refractivity contribution in [2.75, 3.05) is 18.4 Å². The molecule has 0 aromatic heterocycles. The Balaban J connectivity index is 2.67. The van der Waals surface area contributed by atoms with E-state index in [1.807, 2.05) is 0 Å². The van der Waals surface area contributed by atoms with Gasteiger partial charge in [-0.25, -0.2) is 0 Å². The third kappa shape index (κ3) is 3.75. The van der Waals surface area contributed by atoms with Crippen LogP contribution in [0.15, 0.2) is 18.2 Å². The largest absolute Gasteiger partial charge is 0.378 e. The summed E-state index contributed by atoms with van der Waals surface area (Å²) in [6.07, 6.45) is 0. The van der Waals surface area contributed by atoms with Crippen molar-refractivity contribution >= 4 is 17.3 Å². The topological polar surface area (TPSA) is 84.3 Å². The van der Waals surface area contributed by atoms with Gasteiger partial charge in [0.15, 0.2) is 0 Å². The van der Waals surface area contributed by atoms with E-state index in [-0.39, 0.29) is 11.6 Å². The van der Waals surface area contributed by atoms with Gasteiger partial charge in [0.05, 0.1) is 4.92 Å². The van der Waals surface area contributed by atoms with Gasteiger partial charge < -0.3 is 10.6 Å². The number of nitro groups is 1. The number of benzene rings is 1. The summed E-state index contributed by atoms with van der Waals surface area (Å²) in [5, 5.41) is 16.4. The molecule has 0 aliphatic carbocycles. The fraction of sp³-hybridized carbons (Fsp3) is 0.364. The van der Waals surface area contributed by atoms with Crippen LogP contribution in [0.3, 0.4) is 0 Å². The standard InChI is InChI=1S/C11H15N3O3/c1-8-4-3-5-10(11(8)14(16)17)13-7-6-12-9(2)15/h3-5,13H,6-7H2,1-2H3,(H,12,15). The lowest BCUT2D eigenvalue weighted by molar-refractivity contribution is -0.384. The normalized spacial score (nSPS) is 9.76. The van der Waals surface area contributed by atoms with Crippen LogP contribution in [0.2, 0.25) is 0 Å². The number of rotatable bonds is 5. The summed E-state index contributed by atoms with van der Waals surface area (Å²) < 4.78 is 0. The minimum absolute atomic E-state index is 0.0790. The van der Waals surface area contributed by atoms with Gasteiger partial charge in [-0.1, -0.05) is 12.1 Å². The van der Waals surface area contributed by atoms with Gasteiger partial charge in [0.2, 0.25) is 5.91 Å². The maximum Gasteiger partial charge on any atom is 0.295 e. The van der Waals surface area contributed by atoms with Crippen LogP contribution >= 0.6 is 0 Å². The Kier molecular flexibility index (Phi) is 4.45. The summed E-state index contributed by atoms with van der Waals surface area (Å²) in [5.41, 5.74) is 1.16. The Hall–Kier alpha value is -2.11. The molecular formula is C11H15N3O3. The van der Waals surface area contributed by atoms with E-state index < -0.39 is 4.92 Å². The number of para-hydroxylation sites is 1. The van der Waals surface area contributed by atoms with Crippen LogP contribution in [0.25, 0.3) is 0 Å². The molecule has 6 heteroatoms. The first-order valence-electron chi connectivity index (χ1n) is 5.24. The lowest BCUT2D eigenvalue weighted by Gasteiger charge is -2.08. The van der Waals surface area contributed by atoms with Crippen LogP contribution in [-0.4, -0.2) is 23.9 Å². The first-order chi connectivity index (χ1) is 8.02. The molecule has 0 spiro atoms. The van der Waals surface area contributed by atoms with Crippen molar-refractivity contribution in [1.29, 1.82) is 0 Å². The zero-order valence-electron chi connectivity index (χ0n) is 9.82. The molecule has 6 nitrogen and oxygen atoms in total. The smallest absolute Gasteiger partial charge is 0.295 e. The van der Waals surface area contributed by atoms with E-state index in [0.717, 1.165) is 0 Å². The van der Waals surface area contributed by atoms with Crippen LogP contribution < -0.4 is 10.6 Å². The van der Waals surface area contributed by atoms with Gasteiger partial charge in [-0.15, -0.1) is 0 Å². The molecule has 0 unspecified atom stereocenters. The van der Waals surface area contributed by atoms with E-state index in [4.69, 9.17) is 0 Å². The molecule has 0 heterocycles. The number of nitro benzene ring substituents is 1. The van der Waals surface area contributed by atoms with Crippen LogP contribution in [0.5, 0.6) is 0 Å². The molecule has 0 saturated heterocycles. The molecule has 0 atom stereocenters. The first kappa shape index (κ1) is 13.0. The van der Waals surface area contributed by atoms with E-state index in [0.29, 0.717) is 24.3 Å². The number of amides is 1. The third-order valence-corrected chi connectivity index (χ3v) is 2.23. The second kappa shape index (κ2) is 5.83. The molecule has 92 valence electrons. The molecule has 1 rings (SSSR count). The zero-order chi connectivity index (χ0) is 12.8. The van der Waals surface area contributed by atoms with Gasteiger partial charge in [-0.2, -0.15) is 0 Å². The number of hydrogen-bond donors (Lipinski definition) is 2. The van der Waals surface area contributed by atoms with Crippen LogP contribution in [0.4, 0.5) is 11.4 Å². The highest BCUT2D eigenvalue weighted by molar-refractivity contribution is 5.72. The van der Waals surface area contributed by atoms with Crippen molar-refractivity contribution in [3.63, 3.8) is 0 Å². The van der Waals surface area contributed by atoms with Crippen molar-refractivity contribution in [1.82, 2.24) is 5.32 Å². The van der Waals surface area contributed by atoms with Crippen molar-refractivity contribution in [2.45, 2.75) is 13.8 Å². The molecule has 17 heavy (non-hydrogen) atoms. The molecule has 2 N–H and O–H groups in total. The van der Waals surface area contributed by atoms with E-state index in [1.54, 1.807) is 25.1 Å². The van der Waals surface area contributed by atoms with Gasteiger partial charge in [-0.05, 0) is 13.0 Å². The van der Waals surface area contributed by atoms with Crippen molar-refractivity contribution < 1.29 is 9.72 Å². The Bertz CT molecular complexity index is 432. The quantitative estimate of drug-likeness (QED) is 0.461. The summed E-state index contributed by atoms with van der Waals surface area (Å²) in [5.74, 6) is -0.120. The summed E-state index contributed by atoms with van der Waals surface area (Å²) in [6.45, 7) is 4.00. The monoisotopic (exact) mass is 237 g/mol. The molecule has 1 aromatic carbocycles. The minimum Gasteiger partial charge on any atom is -0.378 e. The molecular weight excluding hydrogens is 222 g/mol. The minimum atomic E-state index is -0.407. The molecule has 0 bridgehead atoms. The highest BCUT2D eigenvalue weighted by Crippen LogP contribution is 2.27. The second-order valence-corrected chi connectivity index (χ2v) is 3.64. The number of anilines is 1. The summed E-state index contributed by atoms with van der Waals surface area (Å²) in [6, 6.07) is 5.10. The number of nitrogens with zero attached hydrogens (tertiary/aromatic N) is 1. The van der Waals surface area contributed by atoms with Gasteiger partial charge >= 0.3 is 0 Å². The van der Waals surface area contributed by atoms with Gasteiger partial charge in [0, 0.05) is 25.6 Å². The lowest BCUT2D eigenvalue weighted by atomic mass is 10.1. The van der Waals surface area contributed by atoms with Gasteiger partial charge in [-0.3, -0.25) is 14.9 Å². The van der Waals surface area contributed by atoms with E-state index in [1.165, 1.54) is 6.92 Å². The predicted molar refractivity (Wildman–Crippen MR) is 65.0 cm³/mol. The Morgan fingerprint density at radius 1 is 1.41 bits per heavy atom. The van der Waals surface area contributed by atoms with Gasteiger partial charge in [0.25, 0.3) is 5.69 Å². The van der Waals surface area contributed by atoms with Gasteiger partial charge in [0.1, 0.15) is 5.69 Å². The summed E-state index contributed by atoms with van der Waals surface area (Å²) in [7, 11) is 0. The molecule has 0 aliphatic heterocycles. The molecule has 0 radical (unpaired) electrons. The van der Waals surface area contributed by atoms with Crippen molar-refractivity contribution in [2.24, 2.45) is 0 Å². The highest BCUT2D eigenvalue weighted by Gasteiger charge is 2.15. The van der Waals surface area contributed by atoms with E-state index in [9.17, 15) is 14.9 Å². The number of carbonyl (C=O) groups excluding carboxylic acids is 1. The fourth-order valence-electron chi connectivity index (χ4n) is 1.48. The first-order valence-corrected chi connectivity index (χ1v) is 5.24. The van der Waals surface area contributed by atoms with Crippen LogP contribution in [-0.2, 0) is 4.79 Å². The van der Waals surface area contributed by atoms with Crippen molar-refractivity contribution in [3.8, 4) is 0 Å². The molecule has 0 fully saturated rings. The predicted octanol–water partition coefficient (Wildman–Crippen LogP) is 1.45. The summed E-state index contributed by atoms with van der Waals surface area (Å²) in [4.78, 5) is 21.1. The number of hydrogen-bond acceptors (Lipinski definition) is 4. The maximum absolute atomic E-state index is 10.9. The maximum atomic E-state index is 10.9. The molecule has 0 aliphatic rings. The SMILES string of the molecule is CC(=O)NCCNc1cccc(C)c1[N+](=O)[O-]. The lowest BCUT2D eigenvalue weighted by Crippen LogP contribution is -2.26. The Morgan fingerprint density at radius 3 is 2.71 bits per heavy atom.